The zero-order valence-electron chi connectivity index (χ0n) is 11.8. The lowest BCUT2D eigenvalue weighted by Gasteiger charge is -2.25. The molecule has 0 unspecified atom stereocenters. The van der Waals surface area contributed by atoms with Crippen LogP contribution in [0.1, 0.15) is 31.1 Å². The van der Waals surface area contributed by atoms with Crippen LogP contribution in [0.3, 0.4) is 0 Å². The Kier molecular flexibility index (Phi) is 4.99. The van der Waals surface area contributed by atoms with Gasteiger partial charge in [0, 0.05) is 25.5 Å². The fourth-order valence-corrected chi connectivity index (χ4v) is 2.42. The van der Waals surface area contributed by atoms with Crippen molar-refractivity contribution in [3.63, 3.8) is 0 Å². The maximum absolute atomic E-state index is 9.59. The lowest BCUT2D eigenvalue weighted by molar-refractivity contribution is 0.199. The van der Waals surface area contributed by atoms with Crippen LogP contribution in [0.15, 0.2) is 42.7 Å². The van der Waals surface area contributed by atoms with E-state index in [1.54, 1.807) is 19.3 Å². The van der Waals surface area contributed by atoms with Crippen LogP contribution >= 0.6 is 11.6 Å². The SMILES string of the molecule is CCN(Cc1ccncc1)c1ccc([C@H](C)O)cc1Cl. The molecule has 106 valence electrons. The minimum absolute atomic E-state index is 0.503. The van der Waals surface area contributed by atoms with Gasteiger partial charge in [-0.3, -0.25) is 4.98 Å². The van der Waals surface area contributed by atoms with Gasteiger partial charge in [0.2, 0.25) is 0 Å². The second-order valence-electron chi connectivity index (χ2n) is 4.76. The number of hydrogen-bond acceptors (Lipinski definition) is 3. The number of aliphatic hydroxyl groups excluding tert-OH is 1. The normalized spacial score (nSPS) is 12.2. The first-order valence-electron chi connectivity index (χ1n) is 6.73. The number of halogens is 1. The van der Waals surface area contributed by atoms with Crippen molar-refractivity contribution in [2.45, 2.75) is 26.5 Å². The van der Waals surface area contributed by atoms with E-state index < -0.39 is 6.10 Å². The number of pyridine rings is 1. The van der Waals surface area contributed by atoms with Crippen LogP contribution in [0, 0.1) is 0 Å². The van der Waals surface area contributed by atoms with E-state index >= 15 is 0 Å². The first-order valence-corrected chi connectivity index (χ1v) is 7.11. The second kappa shape index (κ2) is 6.73. The molecule has 4 heteroatoms. The van der Waals surface area contributed by atoms with Crippen LogP contribution in [-0.2, 0) is 6.54 Å². The van der Waals surface area contributed by atoms with Crippen molar-refractivity contribution in [1.82, 2.24) is 4.98 Å². The van der Waals surface area contributed by atoms with Crippen molar-refractivity contribution in [3.05, 3.63) is 58.9 Å². The predicted octanol–water partition coefficient (Wildman–Crippen LogP) is 3.81. The van der Waals surface area contributed by atoms with Crippen LogP contribution < -0.4 is 4.90 Å². The molecule has 1 heterocycles. The first kappa shape index (κ1) is 14.8. The van der Waals surface area contributed by atoms with Crippen LogP contribution in [0.4, 0.5) is 5.69 Å². The van der Waals surface area contributed by atoms with Gasteiger partial charge in [-0.25, -0.2) is 0 Å². The van der Waals surface area contributed by atoms with Crippen molar-refractivity contribution in [1.29, 1.82) is 0 Å². The average Bonchev–Trinajstić information content (AvgIpc) is 2.46. The Morgan fingerprint density at radius 1 is 1.25 bits per heavy atom. The highest BCUT2D eigenvalue weighted by Gasteiger charge is 2.11. The monoisotopic (exact) mass is 290 g/mol. The number of aromatic nitrogens is 1. The third-order valence-electron chi connectivity index (χ3n) is 3.30. The number of aliphatic hydroxyl groups is 1. The zero-order chi connectivity index (χ0) is 14.5. The third-order valence-corrected chi connectivity index (χ3v) is 3.60. The number of benzene rings is 1. The molecular formula is C16H19ClN2O. The number of hydrogen-bond donors (Lipinski definition) is 1. The van der Waals surface area contributed by atoms with Crippen molar-refractivity contribution >= 4 is 17.3 Å². The molecule has 0 radical (unpaired) electrons. The third kappa shape index (κ3) is 3.50. The topological polar surface area (TPSA) is 36.4 Å². The molecule has 2 rings (SSSR count). The molecular weight excluding hydrogens is 272 g/mol. The maximum atomic E-state index is 9.59. The van der Waals surface area contributed by atoms with E-state index in [1.165, 1.54) is 5.56 Å². The van der Waals surface area contributed by atoms with Crippen molar-refractivity contribution < 1.29 is 5.11 Å². The van der Waals surface area contributed by atoms with Crippen LogP contribution in [0.25, 0.3) is 0 Å². The largest absolute Gasteiger partial charge is 0.389 e. The van der Waals surface area contributed by atoms with E-state index in [9.17, 15) is 5.11 Å². The molecule has 2 aromatic rings. The molecule has 3 nitrogen and oxygen atoms in total. The molecule has 0 fully saturated rings. The summed E-state index contributed by atoms with van der Waals surface area (Å²) in [7, 11) is 0. The molecule has 0 aliphatic rings. The van der Waals surface area contributed by atoms with Crippen LogP contribution in [-0.4, -0.2) is 16.6 Å². The van der Waals surface area contributed by atoms with Gasteiger partial charge in [0.25, 0.3) is 0 Å². The Hall–Kier alpha value is -1.58. The van der Waals surface area contributed by atoms with Gasteiger partial charge in [0.05, 0.1) is 16.8 Å². The highest BCUT2D eigenvalue weighted by molar-refractivity contribution is 6.33. The van der Waals surface area contributed by atoms with Gasteiger partial charge in [-0.15, -0.1) is 0 Å². The molecule has 0 aliphatic carbocycles. The quantitative estimate of drug-likeness (QED) is 0.909. The van der Waals surface area contributed by atoms with Gasteiger partial charge in [-0.2, -0.15) is 0 Å². The summed E-state index contributed by atoms with van der Waals surface area (Å²) in [4.78, 5) is 6.23. The molecule has 0 bridgehead atoms. The highest BCUT2D eigenvalue weighted by atomic mass is 35.5. The minimum atomic E-state index is -0.503. The predicted molar refractivity (Wildman–Crippen MR) is 83.0 cm³/mol. The van der Waals surface area contributed by atoms with E-state index in [0.717, 1.165) is 24.3 Å². The summed E-state index contributed by atoms with van der Waals surface area (Å²) in [5, 5.41) is 10.3. The molecule has 1 N–H and O–H groups in total. The maximum Gasteiger partial charge on any atom is 0.0762 e. The van der Waals surface area contributed by atoms with Gasteiger partial charge in [0.15, 0.2) is 0 Å². The Morgan fingerprint density at radius 2 is 1.95 bits per heavy atom. The standard InChI is InChI=1S/C16H19ClN2O/c1-3-19(11-13-6-8-18-9-7-13)16-5-4-14(12(2)20)10-15(16)17/h4-10,12,20H,3,11H2,1-2H3/t12-/m0/s1. The molecule has 0 spiro atoms. The molecule has 0 saturated heterocycles. The van der Waals surface area contributed by atoms with Gasteiger partial charge >= 0.3 is 0 Å². The molecule has 1 aromatic carbocycles. The summed E-state index contributed by atoms with van der Waals surface area (Å²) in [5.74, 6) is 0. The summed E-state index contributed by atoms with van der Waals surface area (Å²) < 4.78 is 0. The number of rotatable bonds is 5. The molecule has 0 amide bonds. The zero-order valence-corrected chi connectivity index (χ0v) is 12.5. The summed E-state index contributed by atoms with van der Waals surface area (Å²) in [6, 6.07) is 9.72. The summed E-state index contributed by atoms with van der Waals surface area (Å²) in [6.45, 7) is 5.48. The molecule has 20 heavy (non-hydrogen) atoms. The fourth-order valence-electron chi connectivity index (χ4n) is 2.12. The van der Waals surface area contributed by atoms with Crippen molar-refractivity contribution in [3.8, 4) is 0 Å². The Bertz CT molecular complexity index is 558. The number of nitrogens with zero attached hydrogens (tertiary/aromatic N) is 2. The molecule has 0 aliphatic heterocycles. The summed E-state index contributed by atoms with van der Waals surface area (Å²) in [6.07, 6.45) is 3.08. The average molecular weight is 291 g/mol. The Morgan fingerprint density at radius 3 is 2.50 bits per heavy atom. The first-order chi connectivity index (χ1) is 9.61. The van der Waals surface area contributed by atoms with Crippen LogP contribution in [0.5, 0.6) is 0 Å². The van der Waals surface area contributed by atoms with Crippen LogP contribution in [0.2, 0.25) is 5.02 Å². The van der Waals surface area contributed by atoms with Gasteiger partial charge in [-0.05, 0) is 49.2 Å². The van der Waals surface area contributed by atoms with E-state index in [2.05, 4.69) is 16.8 Å². The highest BCUT2D eigenvalue weighted by Crippen LogP contribution is 2.29. The molecule has 0 saturated carbocycles. The van der Waals surface area contributed by atoms with Crippen molar-refractivity contribution in [2.24, 2.45) is 0 Å². The lowest BCUT2D eigenvalue weighted by atomic mass is 10.1. The van der Waals surface area contributed by atoms with Crippen molar-refractivity contribution in [2.75, 3.05) is 11.4 Å². The summed E-state index contributed by atoms with van der Waals surface area (Å²) >= 11 is 6.35. The van der Waals surface area contributed by atoms with E-state index in [0.29, 0.717) is 5.02 Å². The van der Waals surface area contributed by atoms with E-state index in [1.807, 2.05) is 30.3 Å². The van der Waals surface area contributed by atoms with Gasteiger partial charge in [0.1, 0.15) is 0 Å². The van der Waals surface area contributed by atoms with E-state index in [-0.39, 0.29) is 0 Å². The lowest BCUT2D eigenvalue weighted by Crippen LogP contribution is -2.22. The van der Waals surface area contributed by atoms with Gasteiger partial charge < -0.3 is 10.0 Å². The molecule has 1 aromatic heterocycles. The van der Waals surface area contributed by atoms with E-state index in [4.69, 9.17) is 11.6 Å². The minimum Gasteiger partial charge on any atom is -0.389 e. The smallest absolute Gasteiger partial charge is 0.0762 e. The second-order valence-corrected chi connectivity index (χ2v) is 5.16. The fraction of sp³-hybridized carbons (Fsp3) is 0.312. The molecule has 1 atom stereocenters. The Balaban J connectivity index is 2.23. The summed E-state index contributed by atoms with van der Waals surface area (Å²) in [5.41, 5.74) is 3.01. The number of anilines is 1. The Labute approximate surface area is 124 Å². The van der Waals surface area contributed by atoms with Gasteiger partial charge in [-0.1, -0.05) is 17.7 Å².